The van der Waals surface area contributed by atoms with Gasteiger partial charge in [0.05, 0.1) is 5.02 Å². The van der Waals surface area contributed by atoms with Crippen molar-refractivity contribution in [3.8, 4) is 11.5 Å². The molecular weight excluding hydrogens is 290 g/mol. The molecule has 19 heavy (non-hydrogen) atoms. The van der Waals surface area contributed by atoms with Gasteiger partial charge in [-0.25, -0.2) is 4.39 Å². The Hall–Kier alpha value is -1.58. The topological polar surface area (TPSA) is 26.3 Å². The van der Waals surface area contributed by atoms with Crippen LogP contribution in [0.2, 0.25) is 10.0 Å². The molecule has 0 aliphatic rings. The van der Waals surface area contributed by atoms with Crippen molar-refractivity contribution in [1.82, 2.24) is 0 Å². The number of hydrogen-bond donors (Lipinski definition) is 0. The highest BCUT2D eigenvalue weighted by Gasteiger charge is 2.10. The number of halogens is 3. The summed E-state index contributed by atoms with van der Waals surface area (Å²) in [7, 11) is 0. The van der Waals surface area contributed by atoms with E-state index in [-0.39, 0.29) is 22.1 Å². The SMILES string of the molecule is CC(=O)c1ccc(Oc2ccc(Cl)cc2Cl)c(F)c1. The van der Waals surface area contributed by atoms with Gasteiger partial charge in [-0.2, -0.15) is 0 Å². The third-order valence-corrected chi connectivity index (χ3v) is 2.98. The summed E-state index contributed by atoms with van der Waals surface area (Å²) in [4.78, 5) is 11.1. The molecule has 0 atom stereocenters. The number of ketones is 1. The van der Waals surface area contributed by atoms with Gasteiger partial charge in [0.2, 0.25) is 0 Å². The van der Waals surface area contributed by atoms with Crippen molar-refractivity contribution in [2.45, 2.75) is 6.92 Å². The molecule has 2 aromatic rings. The van der Waals surface area contributed by atoms with E-state index >= 15 is 0 Å². The quantitative estimate of drug-likeness (QED) is 0.735. The first-order valence-corrected chi connectivity index (χ1v) is 6.16. The molecule has 2 rings (SSSR count). The van der Waals surface area contributed by atoms with E-state index in [4.69, 9.17) is 27.9 Å². The second-order valence-electron chi connectivity index (χ2n) is 3.88. The minimum Gasteiger partial charge on any atom is -0.453 e. The maximum Gasteiger partial charge on any atom is 0.166 e. The molecule has 0 radical (unpaired) electrons. The van der Waals surface area contributed by atoms with Crippen molar-refractivity contribution in [1.29, 1.82) is 0 Å². The predicted octanol–water partition coefficient (Wildman–Crippen LogP) is 5.13. The van der Waals surface area contributed by atoms with Crippen LogP contribution in [0.1, 0.15) is 17.3 Å². The third kappa shape index (κ3) is 3.25. The first-order valence-electron chi connectivity index (χ1n) is 5.41. The zero-order chi connectivity index (χ0) is 14.0. The summed E-state index contributed by atoms with van der Waals surface area (Å²) in [6.07, 6.45) is 0. The van der Waals surface area contributed by atoms with Crippen LogP contribution < -0.4 is 4.74 Å². The lowest BCUT2D eigenvalue weighted by molar-refractivity contribution is 0.101. The molecule has 0 heterocycles. The number of ether oxygens (including phenoxy) is 1. The number of benzene rings is 2. The standard InChI is InChI=1S/C14H9Cl2FO2/c1-8(18)9-2-4-14(12(17)6-9)19-13-5-3-10(15)7-11(13)16/h2-7H,1H3. The summed E-state index contributed by atoms with van der Waals surface area (Å²) in [5, 5.41) is 0.743. The highest BCUT2D eigenvalue weighted by molar-refractivity contribution is 6.35. The predicted molar refractivity (Wildman–Crippen MR) is 72.9 cm³/mol. The van der Waals surface area contributed by atoms with Gasteiger partial charge >= 0.3 is 0 Å². The Kier molecular flexibility index (Phi) is 4.08. The third-order valence-electron chi connectivity index (χ3n) is 2.45. The van der Waals surface area contributed by atoms with Crippen molar-refractivity contribution in [2.24, 2.45) is 0 Å². The van der Waals surface area contributed by atoms with E-state index in [1.165, 1.54) is 25.1 Å². The fourth-order valence-corrected chi connectivity index (χ4v) is 1.93. The molecule has 0 amide bonds. The van der Waals surface area contributed by atoms with E-state index in [2.05, 4.69) is 0 Å². The van der Waals surface area contributed by atoms with E-state index in [9.17, 15) is 9.18 Å². The van der Waals surface area contributed by atoms with Gasteiger partial charge in [0.15, 0.2) is 17.3 Å². The van der Waals surface area contributed by atoms with Crippen LogP contribution in [-0.4, -0.2) is 5.78 Å². The normalized spacial score (nSPS) is 10.3. The van der Waals surface area contributed by atoms with Gasteiger partial charge in [-0.05, 0) is 43.3 Å². The van der Waals surface area contributed by atoms with Gasteiger partial charge in [-0.15, -0.1) is 0 Å². The van der Waals surface area contributed by atoms with Crippen molar-refractivity contribution in [3.63, 3.8) is 0 Å². The van der Waals surface area contributed by atoms with Gasteiger partial charge in [-0.1, -0.05) is 23.2 Å². The molecule has 0 aliphatic carbocycles. The van der Waals surface area contributed by atoms with Crippen molar-refractivity contribution in [3.05, 3.63) is 57.8 Å². The van der Waals surface area contributed by atoms with E-state index in [0.29, 0.717) is 10.8 Å². The summed E-state index contributed by atoms with van der Waals surface area (Å²) in [6.45, 7) is 1.37. The summed E-state index contributed by atoms with van der Waals surface area (Å²) < 4.78 is 19.1. The van der Waals surface area contributed by atoms with Crippen LogP contribution >= 0.6 is 23.2 Å². The maximum absolute atomic E-state index is 13.8. The smallest absolute Gasteiger partial charge is 0.166 e. The lowest BCUT2D eigenvalue weighted by Crippen LogP contribution is -1.95. The molecule has 0 spiro atoms. The van der Waals surface area contributed by atoms with Crippen LogP contribution in [0.5, 0.6) is 11.5 Å². The van der Waals surface area contributed by atoms with E-state index < -0.39 is 5.82 Å². The van der Waals surface area contributed by atoms with Crippen LogP contribution in [0.25, 0.3) is 0 Å². The summed E-state index contributed by atoms with van der Waals surface area (Å²) >= 11 is 11.7. The van der Waals surface area contributed by atoms with E-state index in [1.807, 2.05) is 0 Å². The highest BCUT2D eigenvalue weighted by atomic mass is 35.5. The molecule has 0 saturated heterocycles. The highest BCUT2D eigenvalue weighted by Crippen LogP contribution is 2.32. The number of hydrogen-bond acceptors (Lipinski definition) is 2. The fourth-order valence-electron chi connectivity index (χ4n) is 1.48. The summed E-state index contributed by atoms with van der Waals surface area (Å²) in [6, 6.07) is 8.64. The molecule has 0 bridgehead atoms. The lowest BCUT2D eigenvalue weighted by atomic mass is 10.1. The maximum atomic E-state index is 13.8. The largest absolute Gasteiger partial charge is 0.453 e. The van der Waals surface area contributed by atoms with Crippen molar-refractivity contribution >= 4 is 29.0 Å². The number of carbonyl (C=O) groups is 1. The lowest BCUT2D eigenvalue weighted by Gasteiger charge is -2.09. The number of carbonyl (C=O) groups excluding carboxylic acids is 1. The van der Waals surface area contributed by atoms with Gasteiger partial charge in [0, 0.05) is 10.6 Å². The molecule has 0 aromatic heterocycles. The average Bonchev–Trinajstić information content (AvgIpc) is 2.34. The molecular formula is C14H9Cl2FO2. The minimum absolute atomic E-state index is 0.00535. The Labute approximate surface area is 119 Å². The van der Waals surface area contributed by atoms with E-state index in [0.717, 1.165) is 6.07 Å². The van der Waals surface area contributed by atoms with Crippen LogP contribution in [-0.2, 0) is 0 Å². The first kappa shape index (κ1) is 13.8. The Morgan fingerprint density at radius 2 is 1.79 bits per heavy atom. The summed E-state index contributed by atoms with van der Waals surface area (Å²) in [5.41, 5.74) is 0.284. The molecule has 2 aromatic carbocycles. The van der Waals surface area contributed by atoms with Crippen LogP contribution in [0.4, 0.5) is 4.39 Å². The Morgan fingerprint density at radius 3 is 2.37 bits per heavy atom. The van der Waals surface area contributed by atoms with Crippen molar-refractivity contribution < 1.29 is 13.9 Å². The zero-order valence-corrected chi connectivity index (χ0v) is 11.4. The minimum atomic E-state index is -0.626. The molecule has 0 N–H and O–H groups in total. The second kappa shape index (κ2) is 5.59. The molecule has 98 valence electrons. The molecule has 0 unspecified atom stereocenters. The molecule has 2 nitrogen and oxygen atoms in total. The van der Waals surface area contributed by atoms with Crippen LogP contribution in [0.3, 0.4) is 0 Å². The molecule has 0 fully saturated rings. The zero-order valence-electron chi connectivity index (χ0n) is 9.91. The molecule has 0 saturated carbocycles. The van der Waals surface area contributed by atoms with Gasteiger partial charge < -0.3 is 4.74 Å². The second-order valence-corrected chi connectivity index (χ2v) is 4.72. The van der Waals surface area contributed by atoms with Crippen LogP contribution in [0, 0.1) is 5.82 Å². The van der Waals surface area contributed by atoms with Crippen molar-refractivity contribution in [2.75, 3.05) is 0 Å². The molecule has 0 aliphatic heterocycles. The average molecular weight is 299 g/mol. The Morgan fingerprint density at radius 1 is 1.11 bits per heavy atom. The summed E-state index contributed by atoms with van der Waals surface area (Å²) in [5.74, 6) is -0.552. The monoisotopic (exact) mass is 298 g/mol. The van der Waals surface area contributed by atoms with Gasteiger partial charge in [-0.3, -0.25) is 4.79 Å². The number of Topliss-reactive ketones (excluding diaryl/α,β-unsaturated/α-hetero) is 1. The fraction of sp³-hybridized carbons (Fsp3) is 0.0714. The first-order chi connectivity index (χ1) is 8.97. The Balaban J connectivity index is 2.31. The van der Waals surface area contributed by atoms with E-state index in [1.54, 1.807) is 12.1 Å². The number of rotatable bonds is 3. The Bertz CT molecular complexity index is 641. The molecule has 5 heteroatoms. The van der Waals surface area contributed by atoms with Gasteiger partial charge in [0.25, 0.3) is 0 Å². The van der Waals surface area contributed by atoms with Crippen LogP contribution in [0.15, 0.2) is 36.4 Å². The van der Waals surface area contributed by atoms with Gasteiger partial charge in [0.1, 0.15) is 5.75 Å².